The Morgan fingerprint density at radius 3 is 1.64 bits per heavy atom. The lowest BCUT2D eigenvalue weighted by Gasteiger charge is -2.20. The summed E-state index contributed by atoms with van der Waals surface area (Å²) in [6.45, 7) is 7.34. The molecule has 0 saturated carbocycles. The van der Waals surface area contributed by atoms with Gasteiger partial charge in [-0.1, -0.05) is 40.0 Å². The number of halogens is 1. The molecule has 0 aliphatic carbocycles. The second-order valence-corrected chi connectivity index (χ2v) is 4.14. The van der Waals surface area contributed by atoms with E-state index in [1.165, 1.54) is 25.7 Å². The van der Waals surface area contributed by atoms with E-state index >= 15 is 0 Å². The molecule has 2 nitrogen and oxygen atoms in total. The van der Waals surface area contributed by atoms with Gasteiger partial charge in [0.1, 0.15) is 6.61 Å². The van der Waals surface area contributed by atoms with E-state index < -0.39 is 0 Å². The van der Waals surface area contributed by atoms with Crippen LogP contribution in [0.1, 0.15) is 46.5 Å². The molecule has 0 radical (unpaired) electrons. The number of hydrogen-bond donors (Lipinski definition) is 0. The standard InChI is InChI=1S/C8H20NO.C3H8.ClH/c1-5-6-7-8-10-9(2,3)4;1-3-2;/h5-8H2,1-4H3;3H2,1-2H3;1H/q+1;;/p-1. The molecule has 0 aromatic carbocycles. The fraction of sp³-hybridized carbons (Fsp3) is 1.00. The highest BCUT2D eigenvalue weighted by Gasteiger charge is 2.05. The zero-order valence-electron chi connectivity index (χ0n) is 10.8. The Morgan fingerprint density at radius 2 is 1.36 bits per heavy atom. The van der Waals surface area contributed by atoms with E-state index in [1.807, 2.05) is 21.1 Å². The van der Waals surface area contributed by atoms with Crippen molar-refractivity contribution in [3.8, 4) is 0 Å². The van der Waals surface area contributed by atoms with Gasteiger partial charge in [-0.2, -0.15) is 4.65 Å². The molecule has 0 spiro atoms. The highest BCUT2D eigenvalue weighted by Crippen LogP contribution is 1.98. The normalized spacial score (nSPS) is 9.86. The third-order valence-corrected chi connectivity index (χ3v) is 1.23. The van der Waals surface area contributed by atoms with Gasteiger partial charge in [-0.15, -0.1) is 0 Å². The first-order chi connectivity index (χ1) is 5.97. The van der Waals surface area contributed by atoms with Gasteiger partial charge < -0.3 is 12.4 Å². The van der Waals surface area contributed by atoms with Crippen molar-refractivity contribution in [3.05, 3.63) is 0 Å². The van der Waals surface area contributed by atoms with Crippen molar-refractivity contribution in [2.24, 2.45) is 0 Å². The summed E-state index contributed by atoms with van der Waals surface area (Å²) in [4.78, 5) is 5.47. The molecule has 0 bridgehead atoms. The maximum Gasteiger partial charge on any atom is 0.106 e. The molecule has 0 aliphatic rings. The summed E-state index contributed by atoms with van der Waals surface area (Å²) in [6, 6.07) is 0. The van der Waals surface area contributed by atoms with Crippen LogP contribution in [0.5, 0.6) is 0 Å². The summed E-state index contributed by atoms with van der Waals surface area (Å²) in [6.07, 6.45) is 4.98. The van der Waals surface area contributed by atoms with Crippen molar-refractivity contribution < 1.29 is 21.9 Å². The third kappa shape index (κ3) is 29.5. The average molecular weight is 226 g/mol. The van der Waals surface area contributed by atoms with Crippen molar-refractivity contribution in [2.45, 2.75) is 46.5 Å². The lowest BCUT2D eigenvalue weighted by Crippen LogP contribution is -3.00. The fourth-order valence-electron chi connectivity index (χ4n) is 0.690. The van der Waals surface area contributed by atoms with Crippen LogP contribution in [0, 0.1) is 0 Å². The van der Waals surface area contributed by atoms with Crippen molar-refractivity contribution in [3.63, 3.8) is 0 Å². The largest absolute Gasteiger partial charge is 1.00 e. The van der Waals surface area contributed by atoms with Gasteiger partial charge >= 0.3 is 0 Å². The number of unbranched alkanes of at least 4 members (excludes halogenated alkanes) is 2. The highest BCUT2D eigenvalue weighted by molar-refractivity contribution is 4.32. The molecule has 0 fully saturated rings. The average Bonchev–Trinajstić information content (AvgIpc) is 1.98. The summed E-state index contributed by atoms with van der Waals surface area (Å²) in [5.74, 6) is 0. The van der Waals surface area contributed by atoms with Crippen molar-refractivity contribution in [1.82, 2.24) is 0 Å². The van der Waals surface area contributed by atoms with Gasteiger partial charge in [0.25, 0.3) is 0 Å². The predicted molar refractivity (Wildman–Crippen MR) is 59.5 cm³/mol. The number of hydroxylamine groups is 3. The zero-order valence-corrected chi connectivity index (χ0v) is 11.5. The van der Waals surface area contributed by atoms with Crippen molar-refractivity contribution >= 4 is 0 Å². The van der Waals surface area contributed by atoms with Gasteiger partial charge in [-0.3, -0.25) is 0 Å². The minimum Gasteiger partial charge on any atom is -1.00 e. The van der Waals surface area contributed by atoms with Gasteiger partial charge in [0, 0.05) is 0 Å². The van der Waals surface area contributed by atoms with Crippen molar-refractivity contribution in [2.75, 3.05) is 27.7 Å². The molecule has 14 heavy (non-hydrogen) atoms. The van der Waals surface area contributed by atoms with Crippen LogP contribution in [-0.4, -0.2) is 32.4 Å². The van der Waals surface area contributed by atoms with E-state index in [1.54, 1.807) is 0 Å². The monoisotopic (exact) mass is 225 g/mol. The van der Waals surface area contributed by atoms with Gasteiger partial charge in [-0.25, -0.2) is 4.84 Å². The Hall–Kier alpha value is 0.210. The summed E-state index contributed by atoms with van der Waals surface area (Å²) >= 11 is 0. The number of nitrogens with zero attached hydrogens (tertiary/aromatic N) is 1. The summed E-state index contributed by atoms with van der Waals surface area (Å²) in [5, 5.41) is 0. The molecule has 0 saturated heterocycles. The Labute approximate surface area is 96.6 Å². The Balaban J connectivity index is -0.000000267. The number of quaternary nitrogens is 1. The van der Waals surface area contributed by atoms with E-state index in [0.29, 0.717) is 4.65 Å². The molecular weight excluding hydrogens is 198 g/mol. The van der Waals surface area contributed by atoms with Crippen LogP contribution in [-0.2, 0) is 4.84 Å². The second-order valence-electron chi connectivity index (χ2n) is 4.14. The Morgan fingerprint density at radius 1 is 0.929 bits per heavy atom. The topological polar surface area (TPSA) is 9.23 Å². The SMILES string of the molecule is CCC.CCCCCO[N+](C)(C)C.[Cl-]. The van der Waals surface area contributed by atoms with Crippen LogP contribution in [0.15, 0.2) is 0 Å². The van der Waals surface area contributed by atoms with E-state index in [0.717, 1.165) is 6.61 Å². The molecule has 0 unspecified atom stereocenters. The first kappa shape index (κ1) is 19.7. The van der Waals surface area contributed by atoms with Crippen LogP contribution in [0.3, 0.4) is 0 Å². The molecule has 0 atom stereocenters. The molecule has 0 amide bonds. The highest BCUT2D eigenvalue weighted by atomic mass is 35.5. The minimum atomic E-state index is 0. The zero-order chi connectivity index (χ0) is 10.7. The third-order valence-electron chi connectivity index (χ3n) is 1.23. The molecule has 90 valence electrons. The van der Waals surface area contributed by atoms with E-state index in [2.05, 4.69) is 20.8 Å². The molecule has 0 aromatic rings. The van der Waals surface area contributed by atoms with Gasteiger partial charge in [0.2, 0.25) is 0 Å². The second kappa shape index (κ2) is 13.2. The van der Waals surface area contributed by atoms with Crippen LogP contribution in [0.4, 0.5) is 0 Å². The predicted octanol–water partition coefficient (Wildman–Crippen LogP) is 0.235. The lowest BCUT2D eigenvalue weighted by atomic mass is 10.3. The van der Waals surface area contributed by atoms with Crippen molar-refractivity contribution in [1.29, 1.82) is 0 Å². The maximum atomic E-state index is 5.47. The smallest absolute Gasteiger partial charge is 0.106 e. The first-order valence-corrected chi connectivity index (χ1v) is 5.43. The summed E-state index contributed by atoms with van der Waals surface area (Å²) < 4.78 is 0.615. The van der Waals surface area contributed by atoms with Crippen LogP contribution in [0.2, 0.25) is 0 Å². The molecule has 0 rings (SSSR count). The summed E-state index contributed by atoms with van der Waals surface area (Å²) in [7, 11) is 6.10. The Bertz CT molecular complexity index is 91.8. The van der Waals surface area contributed by atoms with Crippen LogP contribution >= 0.6 is 0 Å². The molecule has 0 N–H and O–H groups in total. The van der Waals surface area contributed by atoms with E-state index in [9.17, 15) is 0 Å². The molecular formula is C11H28ClNO. The van der Waals surface area contributed by atoms with E-state index in [4.69, 9.17) is 4.84 Å². The quantitative estimate of drug-likeness (QED) is 0.370. The van der Waals surface area contributed by atoms with Crippen LogP contribution in [0.25, 0.3) is 0 Å². The molecule has 0 aromatic heterocycles. The Kier molecular flexibility index (Phi) is 18.6. The number of rotatable bonds is 5. The van der Waals surface area contributed by atoms with Crippen LogP contribution < -0.4 is 12.4 Å². The van der Waals surface area contributed by atoms with Gasteiger partial charge in [0.15, 0.2) is 0 Å². The maximum absolute atomic E-state index is 5.47. The molecule has 3 heteroatoms. The lowest BCUT2D eigenvalue weighted by molar-refractivity contribution is -1.06. The number of hydrogen-bond acceptors (Lipinski definition) is 1. The summed E-state index contributed by atoms with van der Waals surface area (Å²) in [5.41, 5.74) is 0. The van der Waals surface area contributed by atoms with E-state index in [-0.39, 0.29) is 12.4 Å². The fourth-order valence-corrected chi connectivity index (χ4v) is 0.690. The first-order valence-electron chi connectivity index (χ1n) is 5.43. The van der Waals surface area contributed by atoms with Gasteiger partial charge in [0.05, 0.1) is 21.1 Å². The molecule has 0 aliphatic heterocycles. The minimum absolute atomic E-state index is 0. The van der Waals surface area contributed by atoms with Gasteiger partial charge in [-0.05, 0) is 6.42 Å². The molecule has 0 heterocycles.